The van der Waals surface area contributed by atoms with E-state index in [-0.39, 0.29) is 11.8 Å². The van der Waals surface area contributed by atoms with Crippen LogP contribution in [0, 0.1) is 41.5 Å². The summed E-state index contributed by atoms with van der Waals surface area (Å²) < 4.78 is 0. The molecule has 0 saturated heterocycles. The molecular weight excluding hydrogens is 581 g/mol. The van der Waals surface area contributed by atoms with Gasteiger partial charge in [-0.2, -0.15) is 0 Å². The van der Waals surface area contributed by atoms with E-state index < -0.39 is 0 Å². The normalized spacial score (nSPS) is 12.8. The van der Waals surface area contributed by atoms with Crippen LogP contribution in [-0.2, 0) is 0 Å². The Labute approximate surface area is 285 Å². The van der Waals surface area contributed by atoms with Crippen LogP contribution >= 0.6 is 0 Å². The number of benzene rings is 5. The van der Waals surface area contributed by atoms with E-state index in [1.54, 1.807) is 0 Å². The van der Waals surface area contributed by atoms with E-state index in [2.05, 4.69) is 165 Å². The molecule has 0 aliphatic carbocycles. The summed E-state index contributed by atoms with van der Waals surface area (Å²) in [6, 6.07) is 39.8. The van der Waals surface area contributed by atoms with E-state index in [1.165, 1.54) is 66.8 Å². The first-order chi connectivity index (χ1) is 23.1. The fraction of sp³-hybridized carbons (Fsp3) is 0.217. The molecule has 0 spiro atoms. The van der Waals surface area contributed by atoms with Gasteiger partial charge in [0.1, 0.15) is 0 Å². The van der Waals surface area contributed by atoms with Crippen LogP contribution in [0.15, 0.2) is 109 Å². The fourth-order valence-electron chi connectivity index (χ4n) is 8.22. The van der Waals surface area contributed by atoms with Crippen LogP contribution in [0.4, 0.5) is 0 Å². The second-order valence-electron chi connectivity index (χ2n) is 13.8. The minimum atomic E-state index is 0.112. The van der Waals surface area contributed by atoms with E-state index in [0.717, 1.165) is 33.2 Å². The summed E-state index contributed by atoms with van der Waals surface area (Å²) >= 11 is 0. The molecule has 0 N–H and O–H groups in total. The van der Waals surface area contributed by atoms with Crippen molar-refractivity contribution in [1.29, 1.82) is 0 Å². The molecular formula is C46H44N2. The molecule has 7 aromatic rings. The van der Waals surface area contributed by atoms with Crippen molar-refractivity contribution in [2.75, 3.05) is 0 Å². The standard InChI is InChI=1S/C46H44N2/c1-27-21-29(3)43(30(4)22-27)33(7)41-25-39(35-15-11-9-12-16-35)37-19-20-38-40(36-17-13-10-14-18-36)26-42(48-46(38)45(37)47-41)34(8)44-31(5)23-28(2)24-32(44)6/h9-26,33-34H,1-8H3. The molecule has 48 heavy (non-hydrogen) atoms. The van der Waals surface area contributed by atoms with Gasteiger partial charge in [0.05, 0.1) is 11.0 Å². The van der Waals surface area contributed by atoms with Gasteiger partial charge in [-0.15, -0.1) is 0 Å². The number of aromatic nitrogens is 2. The van der Waals surface area contributed by atoms with Gasteiger partial charge in [0.25, 0.3) is 0 Å². The highest BCUT2D eigenvalue weighted by Crippen LogP contribution is 2.41. The quantitative estimate of drug-likeness (QED) is 0.172. The first kappa shape index (κ1) is 31.5. The Morgan fingerprint density at radius 3 is 1.08 bits per heavy atom. The van der Waals surface area contributed by atoms with Crippen molar-refractivity contribution >= 4 is 21.8 Å². The number of hydrogen-bond donors (Lipinski definition) is 0. The van der Waals surface area contributed by atoms with E-state index in [1.807, 2.05) is 0 Å². The highest BCUT2D eigenvalue weighted by molar-refractivity contribution is 6.12. The Kier molecular flexibility index (Phi) is 8.21. The number of fused-ring (bicyclic) bond motifs is 3. The summed E-state index contributed by atoms with van der Waals surface area (Å²) in [7, 11) is 0. The molecule has 0 aliphatic rings. The van der Waals surface area contributed by atoms with Crippen molar-refractivity contribution < 1.29 is 0 Å². The number of aryl methyl sites for hydroxylation is 6. The molecule has 0 saturated carbocycles. The maximum Gasteiger partial charge on any atom is 0.0974 e. The molecule has 7 rings (SSSR count). The third-order valence-corrected chi connectivity index (χ3v) is 10.2. The summed E-state index contributed by atoms with van der Waals surface area (Å²) in [6.45, 7) is 17.9. The molecule has 0 aliphatic heterocycles. The van der Waals surface area contributed by atoms with Crippen LogP contribution in [0.25, 0.3) is 44.1 Å². The monoisotopic (exact) mass is 624 g/mol. The molecule has 238 valence electrons. The van der Waals surface area contributed by atoms with Crippen molar-refractivity contribution in [2.45, 2.75) is 67.2 Å². The molecule has 2 unspecified atom stereocenters. The molecule has 2 atom stereocenters. The average molecular weight is 625 g/mol. The van der Waals surface area contributed by atoms with Gasteiger partial charge < -0.3 is 0 Å². The van der Waals surface area contributed by atoms with Crippen molar-refractivity contribution in [3.8, 4) is 22.3 Å². The molecule has 0 bridgehead atoms. The van der Waals surface area contributed by atoms with Crippen LogP contribution in [0.5, 0.6) is 0 Å². The lowest BCUT2D eigenvalue weighted by Crippen LogP contribution is -2.07. The van der Waals surface area contributed by atoms with E-state index in [9.17, 15) is 0 Å². The van der Waals surface area contributed by atoms with Gasteiger partial charge >= 0.3 is 0 Å². The van der Waals surface area contributed by atoms with Gasteiger partial charge in [-0.05, 0) is 109 Å². The Hall–Kier alpha value is -5.08. The number of pyridine rings is 2. The van der Waals surface area contributed by atoms with Crippen molar-refractivity contribution in [1.82, 2.24) is 9.97 Å². The number of hydrogen-bond acceptors (Lipinski definition) is 2. The highest BCUT2D eigenvalue weighted by Gasteiger charge is 2.23. The summed E-state index contributed by atoms with van der Waals surface area (Å²) in [5.41, 5.74) is 19.3. The molecule has 2 aromatic heterocycles. The molecule has 2 heterocycles. The topological polar surface area (TPSA) is 25.8 Å². The van der Waals surface area contributed by atoms with Gasteiger partial charge in [-0.25, -0.2) is 9.97 Å². The fourth-order valence-corrected chi connectivity index (χ4v) is 8.22. The summed E-state index contributed by atoms with van der Waals surface area (Å²) in [4.78, 5) is 11.1. The molecule has 5 aromatic carbocycles. The van der Waals surface area contributed by atoms with E-state index >= 15 is 0 Å². The van der Waals surface area contributed by atoms with Gasteiger partial charge in [0.15, 0.2) is 0 Å². The Morgan fingerprint density at radius 2 is 0.750 bits per heavy atom. The van der Waals surface area contributed by atoms with Crippen LogP contribution in [-0.4, -0.2) is 9.97 Å². The van der Waals surface area contributed by atoms with Crippen molar-refractivity contribution in [2.24, 2.45) is 0 Å². The average Bonchev–Trinajstić information content (AvgIpc) is 3.07. The SMILES string of the molecule is Cc1cc(C)c(C(C)c2cc(-c3ccccc3)c3ccc4c(-c5ccccc5)cc(C(C)c5c(C)cc(C)cc5C)nc4c3n2)c(C)c1. The summed E-state index contributed by atoms with van der Waals surface area (Å²) in [5, 5.41) is 2.25. The van der Waals surface area contributed by atoms with Crippen LogP contribution in [0.3, 0.4) is 0 Å². The Balaban J connectivity index is 1.57. The highest BCUT2D eigenvalue weighted by atomic mass is 14.8. The molecule has 2 heteroatoms. The van der Waals surface area contributed by atoms with E-state index in [4.69, 9.17) is 9.97 Å². The predicted molar refractivity (Wildman–Crippen MR) is 204 cm³/mol. The molecule has 0 amide bonds. The van der Waals surface area contributed by atoms with Crippen LogP contribution in [0.1, 0.15) is 81.6 Å². The second-order valence-corrected chi connectivity index (χ2v) is 13.8. The molecule has 0 radical (unpaired) electrons. The van der Waals surface area contributed by atoms with Gasteiger partial charge in [-0.3, -0.25) is 0 Å². The lowest BCUT2D eigenvalue weighted by atomic mass is 9.86. The predicted octanol–water partition coefficient (Wildman–Crippen LogP) is 12.3. The van der Waals surface area contributed by atoms with E-state index in [0.29, 0.717) is 0 Å². The molecule has 0 fully saturated rings. The third-order valence-electron chi connectivity index (χ3n) is 10.2. The summed E-state index contributed by atoms with van der Waals surface area (Å²) in [5.74, 6) is 0.225. The Morgan fingerprint density at radius 1 is 0.417 bits per heavy atom. The van der Waals surface area contributed by atoms with Gasteiger partial charge in [0, 0.05) is 34.0 Å². The smallest absolute Gasteiger partial charge is 0.0974 e. The third kappa shape index (κ3) is 5.60. The lowest BCUT2D eigenvalue weighted by molar-refractivity contribution is 0.856. The van der Waals surface area contributed by atoms with Crippen LogP contribution < -0.4 is 0 Å². The van der Waals surface area contributed by atoms with Crippen LogP contribution in [0.2, 0.25) is 0 Å². The maximum atomic E-state index is 5.56. The number of rotatable bonds is 6. The minimum Gasteiger partial charge on any atom is -0.250 e. The van der Waals surface area contributed by atoms with Gasteiger partial charge in [0.2, 0.25) is 0 Å². The maximum absolute atomic E-state index is 5.56. The minimum absolute atomic E-state index is 0.112. The summed E-state index contributed by atoms with van der Waals surface area (Å²) in [6.07, 6.45) is 0. The first-order valence-electron chi connectivity index (χ1n) is 17.1. The van der Waals surface area contributed by atoms with Gasteiger partial charge in [-0.1, -0.05) is 122 Å². The number of nitrogens with zero attached hydrogens (tertiary/aromatic N) is 2. The van der Waals surface area contributed by atoms with Crippen molar-refractivity contribution in [3.05, 3.63) is 165 Å². The Bertz CT molecular complexity index is 2100. The second kappa shape index (κ2) is 12.5. The largest absolute Gasteiger partial charge is 0.250 e. The zero-order valence-electron chi connectivity index (χ0n) is 29.4. The zero-order valence-corrected chi connectivity index (χ0v) is 29.4. The first-order valence-corrected chi connectivity index (χ1v) is 17.1. The molecule has 2 nitrogen and oxygen atoms in total. The van der Waals surface area contributed by atoms with Crippen molar-refractivity contribution in [3.63, 3.8) is 0 Å². The zero-order chi connectivity index (χ0) is 33.7. The lowest BCUT2D eigenvalue weighted by Gasteiger charge is -2.22.